The van der Waals surface area contributed by atoms with Crippen LogP contribution in [0.4, 0.5) is 5.69 Å². The van der Waals surface area contributed by atoms with Crippen molar-refractivity contribution in [3.05, 3.63) is 18.3 Å². The molecule has 1 aliphatic rings. The van der Waals surface area contributed by atoms with Crippen molar-refractivity contribution in [3.63, 3.8) is 0 Å². The number of nitrogens with one attached hydrogen (secondary N) is 2. The number of rotatable bonds is 8. The Morgan fingerprint density at radius 1 is 1.43 bits per heavy atom. The smallest absolute Gasteiger partial charge is 0.260 e. The maximum absolute atomic E-state index is 12.3. The molecule has 0 bridgehead atoms. The maximum atomic E-state index is 12.3. The summed E-state index contributed by atoms with van der Waals surface area (Å²) in [6.45, 7) is 4.67. The van der Waals surface area contributed by atoms with Gasteiger partial charge in [-0.2, -0.15) is 0 Å². The van der Waals surface area contributed by atoms with Crippen LogP contribution in [0.2, 0.25) is 0 Å². The second kappa shape index (κ2) is 7.72. The average molecular weight is 313 g/mol. The summed E-state index contributed by atoms with van der Waals surface area (Å²) >= 11 is 0. The Bertz CT molecular complexity index is 542. The van der Waals surface area contributed by atoms with E-state index in [0.29, 0.717) is 24.7 Å². The number of sulfonamides is 1. The van der Waals surface area contributed by atoms with Gasteiger partial charge in [-0.1, -0.05) is 6.92 Å². The van der Waals surface area contributed by atoms with Crippen LogP contribution >= 0.6 is 0 Å². The Labute approximate surface area is 126 Å². The molecule has 118 valence electrons. The molecule has 0 saturated carbocycles. The summed E-state index contributed by atoms with van der Waals surface area (Å²) in [7, 11) is -3.58. The Hall–Kier alpha value is -1.18. The zero-order chi connectivity index (χ0) is 15.1. The highest BCUT2D eigenvalue weighted by Gasteiger charge is 2.21. The van der Waals surface area contributed by atoms with E-state index in [1.165, 1.54) is 6.20 Å². The Kier molecular flexibility index (Phi) is 5.96. The highest BCUT2D eigenvalue weighted by atomic mass is 32.2. The van der Waals surface area contributed by atoms with E-state index >= 15 is 0 Å². The number of pyridine rings is 1. The quantitative estimate of drug-likeness (QED) is 0.762. The van der Waals surface area contributed by atoms with Gasteiger partial charge in [0.1, 0.15) is 0 Å². The monoisotopic (exact) mass is 313 g/mol. The van der Waals surface area contributed by atoms with Gasteiger partial charge in [0.2, 0.25) is 0 Å². The fourth-order valence-corrected chi connectivity index (χ4v) is 3.43. The lowest BCUT2D eigenvalue weighted by atomic mass is 10.1. The van der Waals surface area contributed by atoms with Crippen LogP contribution in [-0.2, 0) is 14.8 Å². The molecule has 7 heteroatoms. The van der Waals surface area contributed by atoms with Gasteiger partial charge < -0.3 is 10.1 Å². The third kappa shape index (κ3) is 4.66. The molecule has 0 aromatic carbocycles. The molecule has 1 aliphatic heterocycles. The third-order valence-electron chi connectivity index (χ3n) is 3.46. The predicted molar refractivity (Wildman–Crippen MR) is 81.7 cm³/mol. The van der Waals surface area contributed by atoms with E-state index in [0.717, 1.165) is 32.5 Å². The Balaban J connectivity index is 1.97. The molecule has 1 aromatic rings. The molecule has 6 nitrogen and oxygen atoms in total. The molecular formula is C14H23N3O3S. The molecular weight excluding hydrogens is 290 g/mol. The molecule has 1 atom stereocenters. The summed E-state index contributed by atoms with van der Waals surface area (Å²) in [5.41, 5.74) is 0.552. The van der Waals surface area contributed by atoms with E-state index in [1.54, 1.807) is 12.1 Å². The summed E-state index contributed by atoms with van der Waals surface area (Å²) in [5, 5.41) is 3.17. The molecule has 0 radical (unpaired) electrons. The minimum atomic E-state index is -3.58. The fourth-order valence-electron chi connectivity index (χ4n) is 2.28. The zero-order valence-corrected chi connectivity index (χ0v) is 13.2. The molecule has 2 heterocycles. The number of aromatic nitrogens is 1. The van der Waals surface area contributed by atoms with Crippen molar-refractivity contribution in [2.75, 3.05) is 31.6 Å². The first-order chi connectivity index (χ1) is 10.1. The van der Waals surface area contributed by atoms with E-state index in [-0.39, 0.29) is 5.03 Å². The van der Waals surface area contributed by atoms with Crippen molar-refractivity contribution in [3.8, 4) is 0 Å². The lowest BCUT2D eigenvalue weighted by Gasteiger charge is -2.12. The normalized spacial score (nSPS) is 18.8. The lowest BCUT2D eigenvalue weighted by Crippen LogP contribution is -2.28. The molecule has 1 saturated heterocycles. The Morgan fingerprint density at radius 3 is 3.00 bits per heavy atom. The highest BCUT2D eigenvalue weighted by Crippen LogP contribution is 2.19. The summed E-state index contributed by atoms with van der Waals surface area (Å²) in [6.07, 6.45) is 4.22. The third-order valence-corrected chi connectivity index (χ3v) is 4.88. The second-order valence-electron chi connectivity index (χ2n) is 5.20. The number of nitrogens with zero attached hydrogens (tertiary/aromatic N) is 1. The van der Waals surface area contributed by atoms with Gasteiger partial charge in [-0.3, -0.25) is 0 Å². The lowest BCUT2D eigenvalue weighted by molar-refractivity contribution is 0.184. The largest absolute Gasteiger partial charge is 0.383 e. The number of ether oxygens (including phenoxy) is 1. The molecule has 21 heavy (non-hydrogen) atoms. The van der Waals surface area contributed by atoms with Gasteiger partial charge in [0, 0.05) is 32.5 Å². The van der Waals surface area contributed by atoms with E-state index in [4.69, 9.17) is 4.74 Å². The van der Waals surface area contributed by atoms with Gasteiger partial charge in [-0.25, -0.2) is 18.1 Å². The number of anilines is 1. The molecule has 2 N–H and O–H groups in total. The van der Waals surface area contributed by atoms with Gasteiger partial charge in [-0.05, 0) is 37.3 Å². The summed E-state index contributed by atoms with van der Waals surface area (Å²) in [6, 6.07) is 3.47. The minimum absolute atomic E-state index is 0.0705. The molecule has 1 aromatic heterocycles. The van der Waals surface area contributed by atoms with E-state index in [9.17, 15) is 8.42 Å². The van der Waals surface area contributed by atoms with Gasteiger partial charge >= 0.3 is 0 Å². The number of hydrogen-bond donors (Lipinski definition) is 2. The average Bonchev–Trinajstić information content (AvgIpc) is 2.98. The van der Waals surface area contributed by atoms with Crippen molar-refractivity contribution in [2.45, 2.75) is 31.2 Å². The van der Waals surface area contributed by atoms with Gasteiger partial charge in [0.05, 0.1) is 5.69 Å². The second-order valence-corrected chi connectivity index (χ2v) is 6.88. The molecule has 0 aliphatic carbocycles. The van der Waals surface area contributed by atoms with Crippen LogP contribution in [0, 0.1) is 5.92 Å². The predicted octanol–water partition coefficient (Wildman–Crippen LogP) is 1.61. The Morgan fingerprint density at radius 2 is 2.29 bits per heavy atom. The van der Waals surface area contributed by atoms with Crippen LogP contribution in [0.25, 0.3) is 0 Å². The van der Waals surface area contributed by atoms with Crippen LogP contribution in [0.1, 0.15) is 26.2 Å². The zero-order valence-electron chi connectivity index (χ0n) is 12.3. The molecule has 2 rings (SSSR count). The van der Waals surface area contributed by atoms with E-state index in [2.05, 4.69) is 15.0 Å². The molecule has 0 amide bonds. The first kappa shape index (κ1) is 16.2. The van der Waals surface area contributed by atoms with Crippen molar-refractivity contribution in [1.29, 1.82) is 0 Å². The maximum Gasteiger partial charge on any atom is 0.260 e. The van der Waals surface area contributed by atoms with E-state index in [1.807, 2.05) is 6.92 Å². The van der Waals surface area contributed by atoms with Crippen molar-refractivity contribution in [2.24, 2.45) is 5.92 Å². The van der Waals surface area contributed by atoms with Crippen molar-refractivity contribution in [1.82, 2.24) is 9.71 Å². The fraction of sp³-hybridized carbons (Fsp3) is 0.643. The highest BCUT2D eigenvalue weighted by molar-refractivity contribution is 7.89. The van der Waals surface area contributed by atoms with E-state index < -0.39 is 10.0 Å². The van der Waals surface area contributed by atoms with Crippen LogP contribution in [0.3, 0.4) is 0 Å². The topological polar surface area (TPSA) is 80.3 Å². The van der Waals surface area contributed by atoms with Gasteiger partial charge in [-0.15, -0.1) is 0 Å². The van der Waals surface area contributed by atoms with Gasteiger partial charge in [0.15, 0.2) is 5.03 Å². The van der Waals surface area contributed by atoms with Crippen LogP contribution in [0.5, 0.6) is 0 Å². The van der Waals surface area contributed by atoms with Gasteiger partial charge in [0.25, 0.3) is 10.0 Å². The summed E-state index contributed by atoms with van der Waals surface area (Å²) in [5.74, 6) is 0.453. The molecule has 0 spiro atoms. The standard InChI is InChI=1S/C14H23N3O3S/c1-2-7-15-13-4-3-8-16-14(13)21(18,19)17-9-5-12-6-10-20-11-12/h3-4,8,12,15,17H,2,5-7,9-11H2,1H3. The number of hydrogen-bond acceptors (Lipinski definition) is 5. The van der Waals surface area contributed by atoms with Crippen LogP contribution in [0.15, 0.2) is 23.4 Å². The summed E-state index contributed by atoms with van der Waals surface area (Å²) < 4.78 is 32.6. The first-order valence-electron chi connectivity index (χ1n) is 7.40. The molecule has 1 fully saturated rings. The minimum Gasteiger partial charge on any atom is -0.383 e. The van der Waals surface area contributed by atoms with Crippen LogP contribution < -0.4 is 10.0 Å². The first-order valence-corrected chi connectivity index (χ1v) is 8.88. The summed E-state index contributed by atoms with van der Waals surface area (Å²) in [4.78, 5) is 4.02. The van der Waals surface area contributed by atoms with Crippen LogP contribution in [-0.4, -0.2) is 39.7 Å². The SMILES string of the molecule is CCCNc1cccnc1S(=O)(=O)NCCC1CCOC1. The van der Waals surface area contributed by atoms with Crippen molar-refractivity contribution < 1.29 is 13.2 Å². The van der Waals surface area contributed by atoms with Crippen molar-refractivity contribution >= 4 is 15.7 Å². The molecule has 1 unspecified atom stereocenters.